The second-order valence-electron chi connectivity index (χ2n) is 11.2. The molecule has 0 N–H and O–H groups in total. The monoisotopic (exact) mass is 500 g/mol. The number of ether oxygens (including phenoxy) is 1. The second-order valence-corrected chi connectivity index (χ2v) is 11.2. The molecule has 4 aromatic rings. The molecule has 7 nitrogen and oxygen atoms in total. The Hall–Kier alpha value is -3.87. The molecule has 0 radical (unpaired) electrons. The summed E-state index contributed by atoms with van der Waals surface area (Å²) in [4.78, 5) is 32.0. The highest BCUT2D eigenvalue weighted by Gasteiger charge is 2.32. The molecule has 192 valence electrons. The molecule has 7 heteroatoms. The van der Waals surface area contributed by atoms with E-state index in [0.717, 1.165) is 22.2 Å². The van der Waals surface area contributed by atoms with E-state index in [-0.39, 0.29) is 23.0 Å². The second kappa shape index (κ2) is 8.91. The first-order valence-corrected chi connectivity index (χ1v) is 12.6. The van der Waals surface area contributed by atoms with Gasteiger partial charge in [0, 0.05) is 35.7 Å². The van der Waals surface area contributed by atoms with Gasteiger partial charge in [-0.15, -0.1) is 0 Å². The number of hydrogen-bond acceptors (Lipinski definition) is 7. The SMILES string of the molecule is CC1=CC(C)(C)N(CCCC(=O)OC(C)(C)C)c2cc3oc(=O)c(-c4nc5ccccc5o4)cc3cc21. The van der Waals surface area contributed by atoms with Crippen molar-refractivity contribution in [3.05, 3.63) is 64.5 Å². The number of esters is 1. The van der Waals surface area contributed by atoms with Crippen LogP contribution >= 0.6 is 0 Å². The van der Waals surface area contributed by atoms with Crippen LogP contribution in [-0.4, -0.2) is 28.6 Å². The maximum Gasteiger partial charge on any atom is 0.349 e. The molecule has 5 rings (SSSR count). The topological polar surface area (TPSA) is 85.8 Å². The van der Waals surface area contributed by atoms with Crippen LogP contribution in [0.5, 0.6) is 0 Å². The molecule has 2 aromatic heterocycles. The maximum atomic E-state index is 13.0. The Morgan fingerprint density at radius 3 is 2.51 bits per heavy atom. The predicted molar refractivity (Wildman–Crippen MR) is 146 cm³/mol. The van der Waals surface area contributed by atoms with Crippen molar-refractivity contribution >= 4 is 39.3 Å². The number of para-hydroxylation sites is 2. The van der Waals surface area contributed by atoms with Crippen molar-refractivity contribution in [2.24, 2.45) is 0 Å². The molecule has 0 spiro atoms. The molecule has 0 saturated heterocycles. The molecular weight excluding hydrogens is 468 g/mol. The normalized spacial score (nSPS) is 15.1. The lowest BCUT2D eigenvalue weighted by molar-refractivity contribution is -0.154. The zero-order valence-electron chi connectivity index (χ0n) is 22.2. The molecule has 0 unspecified atom stereocenters. The third-order valence-electron chi connectivity index (χ3n) is 6.54. The van der Waals surface area contributed by atoms with Gasteiger partial charge in [-0.3, -0.25) is 4.79 Å². The highest BCUT2D eigenvalue weighted by atomic mass is 16.6. The number of allylic oxidation sites excluding steroid dienone is 1. The van der Waals surface area contributed by atoms with Crippen molar-refractivity contribution < 1.29 is 18.4 Å². The van der Waals surface area contributed by atoms with Crippen molar-refractivity contribution in [1.29, 1.82) is 0 Å². The van der Waals surface area contributed by atoms with Crippen LogP contribution in [0.2, 0.25) is 0 Å². The predicted octanol–water partition coefficient (Wildman–Crippen LogP) is 6.73. The lowest BCUT2D eigenvalue weighted by atomic mass is 9.88. The van der Waals surface area contributed by atoms with E-state index in [1.54, 1.807) is 6.07 Å². The Morgan fingerprint density at radius 1 is 1.05 bits per heavy atom. The van der Waals surface area contributed by atoms with Crippen LogP contribution < -0.4 is 10.5 Å². The number of anilines is 1. The molecule has 0 atom stereocenters. The molecule has 1 aliphatic heterocycles. The van der Waals surface area contributed by atoms with Gasteiger partial charge >= 0.3 is 11.6 Å². The fourth-order valence-electron chi connectivity index (χ4n) is 5.01. The summed E-state index contributed by atoms with van der Waals surface area (Å²) in [6.45, 7) is 12.6. The van der Waals surface area contributed by atoms with E-state index >= 15 is 0 Å². The Labute approximate surface area is 215 Å². The molecular formula is C30H32N2O5. The van der Waals surface area contributed by atoms with E-state index in [1.807, 2.05) is 57.2 Å². The van der Waals surface area contributed by atoms with Crippen LogP contribution in [0, 0.1) is 0 Å². The van der Waals surface area contributed by atoms with Crippen molar-refractivity contribution in [3.8, 4) is 11.5 Å². The van der Waals surface area contributed by atoms with Crippen molar-refractivity contribution in [2.45, 2.75) is 65.5 Å². The fraction of sp³-hybridized carbons (Fsp3) is 0.367. The van der Waals surface area contributed by atoms with E-state index < -0.39 is 11.2 Å². The molecule has 0 saturated carbocycles. The number of carbonyl (C=O) groups excluding carboxylic acids is 1. The van der Waals surface area contributed by atoms with E-state index in [9.17, 15) is 9.59 Å². The fourth-order valence-corrected chi connectivity index (χ4v) is 5.01. The number of fused-ring (bicyclic) bond motifs is 3. The van der Waals surface area contributed by atoms with E-state index in [0.29, 0.717) is 36.1 Å². The minimum absolute atomic E-state index is 0.203. The van der Waals surface area contributed by atoms with Crippen LogP contribution in [0.15, 0.2) is 62.2 Å². The number of rotatable bonds is 5. The van der Waals surface area contributed by atoms with Crippen LogP contribution in [-0.2, 0) is 9.53 Å². The van der Waals surface area contributed by atoms with Crippen LogP contribution in [0.3, 0.4) is 0 Å². The summed E-state index contributed by atoms with van der Waals surface area (Å²) in [5.74, 6) is 0.0391. The molecule has 0 fully saturated rings. The number of carbonyl (C=O) groups is 1. The number of aromatic nitrogens is 1. The van der Waals surface area contributed by atoms with E-state index in [1.165, 1.54) is 0 Å². The summed E-state index contributed by atoms with van der Waals surface area (Å²) in [7, 11) is 0. The average molecular weight is 501 g/mol. The lowest BCUT2D eigenvalue weighted by Crippen LogP contribution is -2.45. The summed E-state index contributed by atoms with van der Waals surface area (Å²) in [5, 5.41) is 0.789. The summed E-state index contributed by atoms with van der Waals surface area (Å²) in [6.07, 6.45) is 3.21. The Balaban J connectivity index is 1.50. The van der Waals surface area contributed by atoms with Crippen LogP contribution in [0.4, 0.5) is 5.69 Å². The Kier molecular flexibility index (Phi) is 5.97. The number of hydrogen-bond donors (Lipinski definition) is 0. The van der Waals surface area contributed by atoms with Gasteiger partial charge in [-0.2, -0.15) is 0 Å². The minimum atomic E-state index is -0.502. The molecule has 0 aliphatic carbocycles. The van der Waals surface area contributed by atoms with Crippen molar-refractivity contribution in [2.75, 3.05) is 11.4 Å². The molecule has 37 heavy (non-hydrogen) atoms. The van der Waals surface area contributed by atoms with Crippen LogP contribution in [0.1, 0.15) is 59.9 Å². The first-order chi connectivity index (χ1) is 17.4. The summed E-state index contributed by atoms with van der Waals surface area (Å²) in [6, 6.07) is 13.1. The highest BCUT2D eigenvalue weighted by Crippen LogP contribution is 2.41. The first kappa shape index (κ1) is 24.8. The quantitative estimate of drug-likeness (QED) is 0.222. The zero-order valence-corrected chi connectivity index (χ0v) is 22.2. The minimum Gasteiger partial charge on any atom is -0.460 e. The summed E-state index contributed by atoms with van der Waals surface area (Å²) in [5.41, 5.74) is 3.97. The summed E-state index contributed by atoms with van der Waals surface area (Å²) < 4.78 is 17.1. The van der Waals surface area contributed by atoms with Gasteiger partial charge in [0.1, 0.15) is 22.3 Å². The van der Waals surface area contributed by atoms with Gasteiger partial charge in [0.05, 0.1) is 5.54 Å². The largest absolute Gasteiger partial charge is 0.460 e. The van der Waals surface area contributed by atoms with E-state index in [2.05, 4.69) is 36.7 Å². The summed E-state index contributed by atoms with van der Waals surface area (Å²) >= 11 is 0. The van der Waals surface area contributed by atoms with Crippen molar-refractivity contribution in [3.63, 3.8) is 0 Å². The van der Waals surface area contributed by atoms with Gasteiger partial charge in [-0.05, 0) is 77.8 Å². The molecule has 3 heterocycles. The third-order valence-corrected chi connectivity index (χ3v) is 6.54. The van der Waals surface area contributed by atoms with Crippen molar-refractivity contribution in [1.82, 2.24) is 4.98 Å². The Bertz CT molecular complexity index is 1570. The molecule has 2 aromatic carbocycles. The van der Waals surface area contributed by atoms with Gasteiger partial charge in [-0.1, -0.05) is 18.2 Å². The standard InChI is InChI=1S/C30H32N2O5/c1-18-17-30(5,6)32(13-9-12-26(33)37-29(2,3)4)23-16-25-19(14-20(18)23)15-21(28(34)36-25)27-31-22-10-7-8-11-24(22)35-27/h7-8,10-11,14-17H,9,12-13H2,1-6H3. The molecule has 0 amide bonds. The average Bonchev–Trinajstić information content (AvgIpc) is 3.22. The van der Waals surface area contributed by atoms with Gasteiger partial charge in [0.2, 0.25) is 5.89 Å². The van der Waals surface area contributed by atoms with Gasteiger partial charge in [-0.25, -0.2) is 9.78 Å². The van der Waals surface area contributed by atoms with Crippen LogP contribution in [0.25, 0.3) is 39.1 Å². The number of benzene rings is 2. The molecule has 0 bridgehead atoms. The first-order valence-electron chi connectivity index (χ1n) is 12.6. The third kappa shape index (κ3) is 4.90. The van der Waals surface area contributed by atoms with Gasteiger partial charge in [0.25, 0.3) is 0 Å². The zero-order chi connectivity index (χ0) is 26.5. The Morgan fingerprint density at radius 2 is 1.78 bits per heavy atom. The number of nitrogens with zero attached hydrogens (tertiary/aromatic N) is 2. The maximum absolute atomic E-state index is 13.0. The van der Waals surface area contributed by atoms with Gasteiger partial charge < -0.3 is 18.5 Å². The smallest absolute Gasteiger partial charge is 0.349 e. The lowest BCUT2D eigenvalue weighted by Gasteiger charge is -2.43. The highest BCUT2D eigenvalue weighted by molar-refractivity contribution is 5.93. The molecule has 1 aliphatic rings. The number of oxazole rings is 1. The van der Waals surface area contributed by atoms with E-state index in [4.69, 9.17) is 13.6 Å². The van der Waals surface area contributed by atoms with Gasteiger partial charge in [0.15, 0.2) is 5.58 Å².